The van der Waals surface area contributed by atoms with E-state index >= 15 is 0 Å². The van der Waals surface area contributed by atoms with Gasteiger partial charge in [-0.2, -0.15) is 0 Å². The molecule has 6 heteroatoms. The van der Waals surface area contributed by atoms with Crippen LogP contribution in [-0.4, -0.2) is 25.6 Å². The number of tetrazole rings is 1. The summed E-state index contributed by atoms with van der Waals surface area (Å²) in [6.45, 7) is 4.77. The van der Waals surface area contributed by atoms with Crippen LogP contribution >= 0.6 is 0 Å². The molecule has 0 spiro atoms. The van der Waals surface area contributed by atoms with Gasteiger partial charge in [0.25, 0.3) is 0 Å². The number of rotatable bonds is 1. The predicted molar refractivity (Wildman–Crippen MR) is 94.2 cm³/mol. The fraction of sp³-hybridized carbons (Fsp3) is 0.158. The molecule has 0 saturated heterocycles. The first-order valence-corrected chi connectivity index (χ1v) is 8.12. The predicted octanol–water partition coefficient (Wildman–Crippen LogP) is 3.59. The molecule has 5 rings (SSSR count). The largest absolute Gasteiger partial charge is 0.488 e. The lowest BCUT2D eigenvalue weighted by molar-refractivity contribution is 0.301. The summed E-state index contributed by atoms with van der Waals surface area (Å²) in [4.78, 5) is 4.94. The number of ether oxygens (including phenoxy) is 1. The summed E-state index contributed by atoms with van der Waals surface area (Å²) in [5, 5.41) is 15.1. The quantitative estimate of drug-likeness (QED) is 0.577. The molecule has 4 aromatic rings. The van der Waals surface area contributed by atoms with Gasteiger partial charge in [0.15, 0.2) is 5.82 Å². The van der Waals surface area contributed by atoms with Crippen molar-refractivity contribution in [3.05, 3.63) is 53.1 Å². The van der Waals surface area contributed by atoms with E-state index in [-0.39, 0.29) is 0 Å². The highest BCUT2D eigenvalue weighted by molar-refractivity contribution is 5.88. The van der Waals surface area contributed by atoms with Gasteiger partial charge in [0, 0.05) is 22.1 Å². The molecule has 6 nitrogen and oxygen atoms in total. The Morgan fingerprint density at radius 2 is 2.00 bits per heavy atom. The zero-order chi connectivity index (χ0) is 17.0. The number of aromatic amines is 1. The first-order valence-electron chi connectivity index (χ1n) is 8.12. The maximum atomic E-state index is 5.96. The molecular weight excluding hydrogens is 314 g/mol. The van der Waals surface area contributed by atoms with Crippen LogP contribution in [0.2, 0.25) is 0 Å². The lowest BCUT2D eigenvalue weighted by atomic mass is 9.94. The average molecular weight is 329 g/mol. The molecule has 25 heavy (non-hydrogen) atoms. The third-order valence-corrected chi connectivity index (χ3v) is 4.83. The number of hydrogen-bond donors (Lipinski definition) is 1. The van der Waals surface area contributed by atoms with Crippen molar-refractivity contribution < 1.29 is 4.74 Å². The molecule has 0 aliphatic carbocycles. The monoisotopic (exact) mass is 329 g/mol. The summed E-state index contributed by atoms with van der Waals surface area (Å²) in [6, 6.07) is 12.3. The second-order valence-electron chi connectivity index (χ2n) is 6.32. The Labute approximate surface area is 143 Å². The van der Waals surface area contributed by atoms with Crippen molar-refractivity contribution in [1.82, 2.24) is 25.6 Å². The van der Waals surface area contributed by atoms with Crippen molar-refractivity contribution in [3.63, 3.8) is 0 Å². The Hall–Kier alpha value is -3.28. The summed E-state index contributed by atoms with van der Waals surface area (Å²) in [5.74, 6) is 1.56. The van der Waals surface area contributed by atoms with Gasteiger partial charge in [-0.25, -0.2) is 10.1 Å². The van der Waals surface area contributed by atoms with Crippen LogP contribution in [0.4, 0.5) is 0 Å². The summed E-state index contributed by atoms with van der Waals surface area (Å²) < 4.78 is 5.96. The first kappa shape index (κ1) is 14.1. The number of aromatic nitrogens is 5. The zero-order valence-corrected chi connectivity index (χ0v) is 13.9. The number of nitrogens with zero attached hydrogens (tertiary/aromatic N) is 4. The van der Waals surface area contributed by atoms with Gasteiger partial charge in [-0.15, -0.1) is 5.10 Å². The van der Waals surface area contributed by atoms with Gasteiger partial charge >= 0.3 is 0 Å². The number of pyridine rings is 1. The van der Waals surface area contributed by atoms with E-state index in [2.05, 4.69) is 46.6 Å². The molecule has 1 N–H and O–H groups in total. The molecule has 0 fully saturated rings. The van der Waals surface area contributed by atoms with Crippen LogP contribution in [0.1, 0.15) is 16.7 Å². The Bertz CT molecular complexity index is 1120. The highest BCUT2D eigenvalue weighted by Gasteiger charge is 2.22. The maximum absolute atomic E-state index is 5.96. The highest BCUT2D eigenvalue weighted by atomic mass is 16.5. The van der Waals surface area contributed by atoms with Gasteiger partial charge in [0.1, 0.15) is 12.4 Å². The molecule has 3 heterocycles. The molecule has 0 unspecified atom stereocenters. The van der Waals surface area contributed by atoms with Gasteiger partial charge in [-0.1, -0.05) is 6.07 Å². The lowest BCUT2D eigenvalue weighted by Gasteiger charge is -2.23. The van der Waals surface area contributed by atoms with Crippen LogP contribution in [0.5, 0.6) is 5.75 Å². The SMILES string of the molecule is Cc1ccc2c(c1C)-c1nc3ccc(-c4nnn[nH]4)cc3cc1CO2. The lowest BCUT2D eigenvalue weighted by Crippen LogP contribution is -2.09. The highest BCUT2D eigenvalue weighted by Crippen LogP contribution is 2.41. The van der Waals surface area contributed by atoms with Crippen molar-refractivity contribution in [3.8, 4) is 28.4 Å². The number of nitrogens with one attached hydrogen (secondary N) is 1. The van der Waals surface area contributed by atoms with Gasteiger partial charge in [0.05, 0.1) is 11.2 Å². The van der Waals surface area contributed by atoms with Gasteiger partial charge in [-0.3, -0.25) is 0 Å². The number of aryl methyl sites for hydroxylation is 1. The van der Waals surface area contributed by atoms with Crippen LogP contribution in [-0.2, 0) is 6.61 Å². The van der Waals surface area contributed by atoms with E-state index < -0.39 is 0 Å². The van der Waals surface area contributed by atoms with E-state index in [1.54, 1.807) is 0 Å². The fourth-order valence-electron chi connectivity index (χ4n) is 3.34. The van der Waals surface area contributed by atoms with Crippen LogP contribution in [0.25, 0.3) is 33.5 Å². The van der Waals surface area contributed by atoms with Gasteiger partial charge in [-0.05, 0) is 65.7 Å². The molecule has 2 aromatic heterocycles. The van der Waals surface area contributed by atoms with Gasteiger partial charge in [0.2, 0.25) is 0 Å². The van der Waals surface area contributed by atoms with Crippen LogP contribution in [0.3, 0.4) is 0 Å². The summed E-state index contributed by atoms with van der Waals surface area (Å²) in [7, 11) is 0. The van der Waals surface area contributed by atoms with Gasteiger partial charge < -0.3 is 4.74 Å². The fourth-order valence-corrected chi connectivity index (χ4v) is 3.34. The van der Waals surface area contributed by atoms with Crippen molar-refractivity contribution in [2.24, 2.45) is 0 Å². The Morgan fingerprint density at radius 1 is 1.08 bits per heavy atom. The second kappa shape index (κ2) is 5.11. The molecule has 122 valence electrons. The van der Waals surface area contributed by atoms with E-state index in [1.807, 2.05) is 24.3 Å². The minimum atomic E-state index is 0.530. The molecule has 0 amide bonds. The normalized spacial score (nSPS) is 12.6. The van der Waals surface area contributed by atoms with E-state index in [4.69, 9.17) is 9.72 Å². The number of H-pyrrole nitrogens is 1. The topological polar surface area (TPSA) is 76.6 Å². The van der Waals surface area contributed by atoms with Crippen LogP contribution in [0.15, 0.2) is 36.4 Å². The van der Waals surface area contributed by atoms with Crippen LogP contribution in [0, 0.1) is 13.8 Å². The van der Waals surface area contributed by atoms with Crippen molar-refractivity contribution >= 4 is 10.9 Å². The third kappa shape index (κ3) is 2.11. The van der Waals surface area contributed by atoms with E-state index in [9.17, 15) is 0 Å². The standard InChI is InChI=1S/C19H15N5O/c1-10-3-6-16-17(11(10)2)18-14(9-25-16)8-13-7-12(4-5-15(13)20-18)19-21-23-24-22-19/h3-8H,9H2,1-2H3,(H,21,22,23,24). The maximum Gasteiger partial charge on any atom is 0.179 e. The first-order chi connectivity index (χ1) is 12.2. The smallest absolute Gasteiger partial charge is 0.179 e. The van der Waals surface area contributed by atoms with E-state index in [0.717, 1.165) is 39.0 Å². The van der Waals surface area contributed by atoms with Crippen molar-refractivity contribution in [2.75, 3.05) is 0 Å². The van der Waals surface area contributed by atoms with E-state index in [1.165, 1.54) is 11.1 Å². The van der Waals surface area contributed by atoms with Crippen molar-refractivity contribution in [1.29, 1.82) is 0 Å². The Kier molecular flexibility index (Phi) is 2.88. The molecule has 0 saturated carbocycles. The van der Waals surface area contributed by atoms with Crippen molar-refractivity contribution in [2.45, 2.75) is 20.5 Å². The molecule has 2 aromatic carbocycles. The van der Waals surface area contributed by atoms with E-state index in [0.29, 0.717) is 12.4 Å². The molecule has 0 atom stereocenters. The molecule has 1 aliphatic heterocycles. The Balaban J connectivity index is 1.73. The summed E-state index contributed by atoms with van der Waals surface area (Å²) in [5.41, 5.74) is 7.56. The summed E-state index contributed by atoms with van der Waals surface area (Å²) >= 11 is 0. The average Bonchev–Trinajstić information content (AvgIpc) is 3.17. The molecule has 0 bridgehead atoms. The molecular formula is C19H15N5O. The second-order valence-corrected chi connectivity index (χ2v) is 6.32. The number of hydrogen-bond acceptors (Lipinski definition) is 5. The number of fused-ring (bicyclic) bond motifs is 4. The number of benzene rings is 2. The minimum absolute atomic E-state index is 0.530. The third-order valence-electron chi connectivity index (χ3n) is 4.83. The minimum Gasteiger partial charge on any atom is -0.488 e. The Morgan fingerprint density at radius 3 is 2.84 bits per heavy atom. The molecule has 1 aliphatic rings. The molecule has 0 radical (unpaired) electrons. The summed E-state index contributed by atoms with van der Waals surface area (Å²) in [6.07, 6.45) is 0. The zero-order valence-electron chi connectivity index (χ0n) is 13.9. The van der Waals surface area contributed by atoms with Crippen LogP contribution < -0.4 is 4.74 Å².